The quantitative estimate of drug-likeness (QED) is 0.870. The van der Waals surface area contributed by atoms with Gasteiger partial charge in [0.05, 0.1) is 11.6 Å². The summed E-state index contributed by atoms with van der Waals surface area (Å²) in [5, 5.41) is 8.78. The Hall–Kier alpha value is -1.71. The fourth-order valence-electron chi connectivity index (χ4n) is 1.52. The first-order valence-corrected chi connectivity index (χ1v) is 6.34. The molecule has 0 aliphatic heterocycles. The zero-order valence-electron chi connectivity index (χ0n) is 11.2. The van der Waals surface area contributed by atoms with Gasteiger partial charge in [0, 0.05) is 24.6 Å². The van der Waals surface area contributed by atoms with Gasteiger partial charge in [0.2, 0.25) is 0 Å². The van der Waals surface area contributed by atoms with Crippen molar-refractivity contribution >= 4 is 17.5 Å². The fraction of sp³-hybridized carbons (Fsp3) is 0.357. The molecule has 3 nitrogen and oxygen atoms in total. The van der Waals surface area contributed by atoms with Crippen molar-refractivity contribution < 1.29 is 23.1 Å². The van der Waals surface area contributed by atoms with E-state index in [0.717, 1.165) is 7.05 Å². The van der Waals surface area contributed by atoms with Crippen LogP contribution in [0.15, 0.2) is 18.2 Å². The van der Waals surface area contributed by atoms with Crippen molar-refractivity contribution in [3.05, 3.63) is 34.3 Å². The smallest absolute Gasteiger partial charge is 0.395 e. The van der Waals surface area contributed by atoms with Crippen LogP contribution in [-0.2, 0) is 0 Å². The highest BCUT2D eigenvalue weighted by Gasteiger charge is 2.31. The van der Waals surface area contributed by atoms with Crippen molar-refractivity contribution in [3.8, 4) is 11.8 Å². The molecule has 21 heavy (non-hydrogen) atoms. The maximum atomic E-state index is 12.2. The summed E-state index contributed by atoms with van der Waals surface area (Å²) in [6.07, 6.45) is -4.17. The summed E-state index contributed by atoms with van der Waals surface area (Å²) in [7, 11) is 1.07. The molecule has 0 saturated heterocycles. The second-order valence-electron chi connectivity index (χ2n) is 4.25. The van der Waals surface area contributed by atoms with Gasteiger partial charge in [0.1, 0.15) is 6.54 Å². The number of nitrogens with zero attached hydrogens (tertiary/aromatic N) is 1. The number of hydrogen-bond acceptors (Lipinski definition) is 2. The number of aliphatic hydroxyl groups excluding tert-OH is 1. The van der Waals surface area contributed by atoms with Crippen LogP contribution in [0.1, 0.15) is 22.3 Å². The van der Waals surface area contributed by atoms with Crippen molar-refractivity contribution in [2.75, 3.05) is 20.2 Å². The number of carbonyl (C=O) groups is 1. The summed E-state index contributed by atoms with van der Waals surface area (Å²) in [6, 6.07) is 4.10. The fourth-order valence-corrected chi connectivity index (χ4v) is 1.75. The van der Waals surface area contributed by atoms with Crippen LogP contribution < -0.4 is 0 Å². The molecule has 0 aromatic heterocycles. The first-order valence-electron chi connectivity index (χ1n) is 5.96. The van der Waals surface area contributed by atoms with E-state index in [1.165, 1.54) is 18.2 Å². The largest absolute Gasteiger partial charge is 0.406 e. The molecule has 0 saturated carbocycles. The normalized spacial score (nSPS) is 10.8. The highest BCUT2D eigenvalue weighted by molar-refractivity contribution is 6.32. The topological polar surface area (TPSA) is 40.5 Å². The van der Waals surface area contributed by atoms with Gasteiger partial charge in [-0.2, -0.15) is 13.2 Å². The number of hydrogen-bond donors (Lipinski definition) is 1. The lowest BCUT2D eigenvalue weighted by atomic mass is 10.1. The van der Waals surface area contributed by atoms with Crippen LogP contribution in [0.25, 0.3) is 0 Å². The van der Waals surface area contributed by atoms with E-state index < -0.39 is 18.6 Å². The van der Waals surface area contributed by atoms with Crippen LogP contribution in [0.3, 0.4) is 0 Å². The lowest BCUT2D eigenvalue weighted by Gasteiger charge is -2.19. The molecule has 0 unspecified atom stereocenters. The van der Waals surface area contributed by atoms with E-state index in [0.29, 0.717) is 10.5 Å². The van der Waals surface area contributed by atoms with Gasteiger partial charge < -0.3 is 10.0 Å². The van der Waals surface area contributed by atoms with Gasteiger partial charge >= 0.3 is 6.18 Å². The first kappa shape index (κ1) is 17.3. The van der Waals surface area contributed by atoms with Gasteiger partial charge in [-0.25, -0.2) is 0 Å². The molecule has 0 fully saturated rings. The molecule has 0 bridgehead atoms. The molecule has 114 valence electrons. The minimum absolute atomic E-state index is 0.0551. The molecule has 1 aromatic carbocycles. The molecule has 1 rings (SSSR count). The van der Waals surface area contributed by atoms with Crippen molar-refractivity contribution in [3.63, 3.8) is 0 Å². The number of rotatable bonds is 3. The Bertz CT molecular complexity index is 576. The second-order valence-corrected chi connectivity index (χ2v) is 4.65. The van der Waals surface area contributed by atoms with E-state index in [-0.39, 0.29) is 23.6 Å². The monoisotopic (exact) mass is 319 g/mol. The molecule has 1 amide bonds. The molecule has 7 heteroatoms. The molecule has 1 N–H and O–H groups in total. The van der Waals surface area contributed by atoms with Gasteiger partial charge in [-0.3, -0.25) is 4.79 Å². The Kier molecular flexibility index (Phi) is 6.06. The Labute approximate surface area is 125 Å². The predicted octanol–water partition coefficient (Wildman–Crippen LogP) is 2.71. The zero-order chi connectivity index (χ0) is 16.0. The van der Waals surface area contributed by atoms with Crippen LogP contribution in [0, 0.1) is 11.8 Å². The third-order valence-electron chi connectivity index (χ3n) is 2.44. The predicted molar refractivity (Wildman–Crippen MR) is 73.0 cm³/mol. The van der Waals surface area contributed by atoms with Crippen molar-refractivity contribution in [2.45, 2.75) is 12.6 Å². The lowest BCUT2D eigenvalue weighted by molar-refractivity contribution is -0.138. The van der Waals surface area contributed by atoms with Crippen LogP contribution in [0.2, 0.25) is 5.02 Å². The number of aliphatic hydroxyl groups is 1. The number of benzene rings is 1. The zero-order valence-corrected chi connectivity index (χ0v) is 11.9. The van der Waals surface area contributed by atoms with E-state index in [2.05, 4.69) is 11.8 Å². The highest BCUT2D eigenvalue weighted by atomic mass is 35.5. The summed E-state index contributed by atoms with van der Waals surface area (Å²) in [5.41, 5.74) is 0.500. The number of amides is 1. The SMILES string of the molecule is CN(CC(F)(F)F)C(=O)c1ccc(C#CCCO)c(Cl)c1. The van der Waals surface area contributed by atoms with Crippen LogP contribution in [-0.4, -0.2) is 42.3 Å². The average Bonchev–Trinajstić information content (AvgIpc) is 2.38. The molecule has 0 aliphatic carbocycles. The third-order valence-corrected chi connectivity index (χ3v) is 2.75. The summed E-state index contributed by atoms with van der Waals surface area (Å²) < 4.78 is 36.7. The van der Waals surface area contributed by atoms with Gasteiger partial charge in [-0.1, -0.05) is 23.4 Å². The van der Waals surface area contributed by atoms with E-state index >= 15 is 0 Å². The highest BCUT2D eigenvalue weighted by Crippen LogP contribution is 2.20. The summed E-state index contributed by atoms with van der Waals surface area (Å²) in [6.45, 7) is -1.41. The standard InChI is InChI=1S/C14H13ClF3NO2/c1-19(9-14(16,17)18)13(21)11-6-5-10(12(15)8-11)4-2-3-7-20/h5-6,8,20H,3,7,9H2,1H3. The Morgan fingerprint density at radius 2 is 2.10 bits per heavy atom. The molecule has 0 spiro atoms. The maximum absolute atomic E-state index is 12.2. The van der Waals surface area contributed by atoms with Gasteiger partial charge in [0.25, 0.3) is 5.91 Å². The Balaban J connectivity index is 2.89. The van der Waals surface area contributed by atoms with Gasteiger partial charge in [0.15, 0.2) is 0 Å². The first-order chi connectivity index (χ1) is 9.74. The molecular weight excluding hydrogens is 307 g/mol. The Morgan fingerprint density at radius 1 is 1.43 bits per heavy atom. The summed E-state index contributed by atoms with van der Waals surface area (Å²) in [5.74, 6) is 4.59. The lowest BCUT2D eigenvalue weighted by Crippen LogP contribution is -2.35. The molecule has 0 aliphatic rings. The third kappa shape index (κ3) is 5.66. The second kappa shape index (κ2) is 7.34. The van der Waals surface area contributed by atoms with E-state index in [1.807, 2.05) is 0 Å². The van der Waals surface area contributed by atoms with Crippen molar-refractivity contribution in [1.29, 1.82) is 0 Å². The number of alkyl halides is 3. The number of halogens is 4. The van der Waals surface area contributed by atoms with Crippen LogP contribution in [0.4, 0.5) is 13.2 Å². The average molecular weight is 320 g/mol. The Morgan fingerprint density at radius 3 is 2.62 bits per heavy atom. The van der Waals surface area contributed by atoms with Gasteiger partial charge in [-0.15, -0.1) is 0 Å². The number of carbonyl (C=O) groups excluding carboxylic acids is 1. The summed E-state index contributed by atoms with van der Waals surface area (Å²) >= 11 is 5.93. The molecule has 0 atom stereocenters. The van der Waals surface area contributed by atoms with Crippen LogP contribution in [0.5, 0.6) is 0 Å². The molecule has 0 radical (unpaired) electrons. The van der Waals surface area contributed by atoms with Crippen molar-refractivity contribution in [1.82, 2.24) is 4.90 Å². The summed E-state index contributed by atoms with van der Waals surface area (Å²) in [4.78, 5) is 12.4. The minimum Gasteiger partial charge on any atom is -0.395 e. The minimum atomic E-state index is -4.45. The molecule has 1 aromatic rings. The van der Waals surface area contributed by atoms with Crippen molar-refractivity contribution in [2.24, 2.45) is 0 Å². The van der Waals surface area contributed by atoms with Crippen LogP contribution >= 0.6 is 11.6 Å². The van der Waals surface area contributed by atoms with Gasteiger partial charge in [-0.05, 0) is 18.2 Å². The maximum Gasteiger partial charge on any atom is 0.406 e. The molecule has 0 heterocycles. The van der Waals surface area contributed by atoms with E-state index in [4.69, 9.17) is 16.7 Å². The van der Waals surface area contributed by atoms with E-state index in [1.54, 1.807) is 0 Å². The van der Waals surface area contributed by atoms with E-state index in [9.17, 15) is 18.0 Å². The molecular formula is C14H13ClF3NO2.